The highest BCUT2D eigenvalue weighted by molar-refractivity contribution is 7.15. The number of hydrogen-bond donors (Lipinski definition) is 1. The third-order valence-corrected chi connectivity index (χ3v) is 6.65. The molecule has 1 aliphatic rings. The smallest absolute Gasteiger partial charge is 0.341 e. The number of non-ortho nitro benzene ring substituents is 1. The van der Waals surface area contributed by atoms with E-state index in [1.54, 1.807) is 29.6 Å². The standard InChI is InChI=1S/C24H23FN4O5S/c1-34-24(31)22-20(16-2-4-17(25)5-3-16)15-35-23(22)26-21(30)14-27-10-12-28(13-11-27)18-6-8-19(9-7-18)29(32)33/h2-9,15H,10-14H2,1H3,(H,26,30). The van der Waals surface area contributed by atoms with Crippen LogP contribution in [-0.2, 0) is 9.53 Å². The van der Waals surface area contributed by atoms with Gasteiger partial charge in [0, 0.05) is 54.9 Å². The fourth-order valence-corrected chi connectivity index (χ4v) is 4.89. The molecule has 1 fully saturated rings. The molecule has 0 unspecified atom stereocenters. The van der Waals surface area contributed by atoms with E-state index in [0.29, 0.717) is 42.3 Å². The summed E-state index contributed by atoms with van der Waals surface area (Å²) in [6.07, 6.45) is 0. The number of ether oxygens (including phenoxy) is 1. The number of thiophene rings is 1. The fraction of sp³-hybridized carbons (Fsp3) is 0.250. The highest BCUT2D eigenvalue weighted by Gasteiger charge is 2.24. The lowest BCUT2D eigenvalue weighted by Crippen LogP contribution is -2.48. The Morgan fingerprint density at radius 2 is 1.74 bits per heavy atom. The number of anilines is 2. The summed E-state index contributed by atoms with van der Waals surface area (Å²) in [6, 6.07) is 12.2. The summed E-state index contributed by atoms with van der Waals surface area (Å²) in [5.41, 5.74) is 2.39. The Morgan fingerprint density at radius 3 is 2.34 bits per heavy atom. The van der Waals surface area contributed by atoms with Gasteiger partial charge in [0.2, 0.25) is 5.91 Å². The van der Waals surface area contributed by atoms with Crippen molar-refractivity contribution in [1.82, 2.24) is 4.90 Å². The van der Waals surface area contributed by atoms with Crippen LogP contribution in [-0.4, -0.2) is 61.5 Å². The van der Waals surface area contributed by atoms with Crippen molar-refractivity contribution in [3.05, 3.63) is 75.4 Å². The number of hydrogen-bond acceptors (Lipinski definition) is 8. The van der Waals surface area contributed by atoms with Crippen molar-refractivity contribution in [2.24, 2.45) is 0 Å². The van der Waals surface area contributed by atoms with Gasteiger partial charge in [-0.25, -0.2) is 9.18 Å². The molecule has 4 rings (SSSR count). The molecule has 0 spiro atoms. The Kier molecular flexibility index (Phi) is 7.37. The molecular formula is C24H23FN4O5S. The molecule has 2 aromatic carbocycles. The van der Waals surface area contributed by atoms with Crippen LogP contribution < -0.4 is 10.2 Å². The minimum atomic E-state index is -0.586. The number of nitro groups is 1. The number of halogens is 1. The zero-order valence-electron chi connectivity index (χ0n) is 18.9. The van der Waals surface area contributed by atoms with E-state index in [1.165, 1.54) is 42.7 Å². The molecule has 1 N–H and O–H groups in total. The number of benzene rings is 2. The minimum Gasteiger partial charge on any atom is -0.465 e. The van der Waals surface area contributed by atoms with Crippen LogP contribution in [0.15, 0.2) is 53.9 Å². The number of rotatable bonds is 7. The van der Waals surface area contributed by atoms with Crippen LogP contribution in [0.25, 0.3) is 11.1 Å². The number of methoxy groups -OCH3 is 1. The molecule has 11 heteroatoms. The second kappa shape index (κ2) is 10.6. The van der Waals surface area contributed by atoms with E-state index in [9.17, 15) is 24.1 Å². The topological polar surface area (TPSA) is 105 Å². The van der Waals surface area contributed by atoms with Crippen LogP contribution in [0.2, 0.25) is 0 Å². The Hall–Kier alpha value is -3.83. The van der Waals surface area contributed by atoms with Gasteiger partial charge in [-0.3, -0.25) is 19.8 Å². The van der Waals surface area contributed by atoms with Crippen molar-refractivity contribution >= 4 is 39.6 Å². The number of nitrogens with zero attached hydrogens (tertiary/aromatic N) is 3. The Balaban J connectivity index is 1.38. The van der Waals surface area contributed by atoms with E-state index in [1.807, 2.05) is 4.90 Å². The SMILES string of the molecule is COC(=O)c1c(-c2ccc(F)cc2)csc1NC(=O)CN1CCN(c2ccc([N+](=O)[O-])cc2)CC1. The van der Waals surface area contributed by atoms with E-state index < -0.39 is 10.9 Å². The molecule has 0 saturated carbocycles. The summed E-state index contributed by atoms with van der Waals surface area (Å²) in [5, 5.41) is 15.8. The number of esters is 1. The molecule has 0 aliphatic carbocycles. The maximum atomic E-state index is 13.3. The first-order valence-corrected chi connectivity index (χ1v) is 11.7. The summed E-state index contributed by atoms with van der Waals surface area (Å²) < 4.78 is 18.2. The molecule has 0 atom stereocenters. The number of piperazine rings is 1. The molecule has 9 nitrogen and oxygen atoms in total. The van der Waals surface area contributed by atoms with E-state index in [2.05, 4.69) is 10.2 Å². The molecule has 35 heavy (non-hydrogen) atoms. The van der Waals surface area contributed by atoms with Gasteiger partial charge >= 0.3 is 5.97 Å². The Labute approximate surface area is 204 Å². The Bertz CT molecular complexity index is 1220. The second-order valence-electron chi connectivity index (χ2n) is 7.94. The van der Waals surface area contributed by atoms with Gasteiger partial charge in [0.15, 0.2) is 0 Å². The maximum absolute atomic E-state index is 13.3. The van der Waals surface area contributed by atoms with Gasteiger partial charge in [0.05, 0.1) is 18.6 Å². The molecular weight excluding hydrogens is 475 g/mol. The fourth-order valence-electron chi connectivity index (χ4n) is 3.92. The molecule has 1 aliphatic heterocycles. The highest BCUT2D eigenvalue weighted by Crippen LogP contribution is 2.36. The summed E-state index contributed by atoms with van der Waals surface area (Å²) in [6.45, 7) is 2.77. The lowest BCUT2D eigenvalue weighted by Gasteiger charge is -2.35. The van der Waals surface area contributed by atoms with Crippen LogP contribution in [0.5, 0.6) is 0 Å². The molecule has 1 amide bonds. The van der Waals surface area contributed by atoms with Crippen molar-refractivity contribution in [1.29, 1.82) is 0 Å². The van der Waals surface area contributed by atoms with Gasteiger partial charge in [0.25, 0.3) is 5.69 Å². The maximum Gasteiger partial charge on any atom is 0.341 e. The molecule has 0 radical (unpaired) electrons. The van der Waals surface area contributed by atoms with Gasteiger partial charge in [-0.2, -0.15) is 0 Å². The van der Waals surface area contributed by atoms with Gasteiger partial charge in [-0.05, 0) is 29.8 Å². The quantitative estimate of drug-likeness (QED) is 0.298. The predicted molar refractivity (Wildman–Crippen MR) is 131 cm³/mol. The van der Waals surface area contributed by atoms with Crippen LogP contribution in [0.4, 0.5) is 20.8 Å². The van der Waals surface area contributed by atoms with Crippen LogP contribution >= 0.6 is 11.3 Å². The number of carbonyl (C=O) groups excluding carboxylic acids is 2. The van der Waals surface area contributed by atoms with Crippen LogP contribution in [0, 0.1) is 15.9 Å². The van der Waals surface area contributed by atoms with Gasteiger partial charge in [-0.1, -0.05) is 12.1 Å². The number of amides is 1. The number of nitro benzene ring substituents is 1. The average molecular weight is 499 g/mol. The van der Waals surface area contributed by atoms with E-state index in [0.717, 1.165) is 5.69 Å². The van der Waals surface area contributed by atoms with E-state index in [4.69, 9.17) is 4.74 Å². The first kappa shape index (κ1) is 24.3. The van der Waals surface area contributed by atoms with Crippen LogP contribution in [0.1, 0.15) is 10.4 Å². The summed E-state index contributed by atoms with van der Waals surface area (Å²) >= 11 is 1.21. The zero-order chi connectivity index (χ0) is 24.9. The third kappa shape index (κ3) is 5.64. The van der Waals surface area contributed by atoms with E-state index >= 15 is 0 Å². The minimum absolute atomic E-state index is 0.0477. The molecule has 2 heterocycles. The second-order valence-corrected chi connectivity index (χ2v) is 8.82. The Morgan fingerprint density at radius 1 is 1.09 bits per heavy atom. The highest BCUT2D eigenvalue weighted by atomic mass is 32.1. The lowest BCUT2D eigenvalue weighted by molar-refractivity contribution is -0.384. The first-order chi connectivity index (χ1) is 16.9. The molecule has 0 bridgehead atoms. The lowest BCUT2D eigenvalue weighted by atomic mass is 10.0. The van der Waals surface area contributed by atoms with Gasteiger partial charge in [-0.15, -0.1) is 11.3 Å². The largest absolute Gasteiger partial charge is 0.465 e. The van der Waals surface area contributed by atoms with Crippen molar-refractivity contribution < 1.29 is 23.6 Å². The van der Waals surface area contributed by atoms with Crippen molar-refractivity contribution in [3.8, 4) is 11.1 Å². The monoisotopic (exact) mass is 498 g/mol. The van der Waals surface area contributed by atoms with E-state index in [-0.39, 0.29) is 29.5 Å². The normalized spacial score (nSPS) is 13.9. The summed E-state index contributed by atoms with van der Waals surface area (Å²) in [7, 11) is 1.27. The summed E-state index contributed by atoms with van der Waals surface area (Å²) in [4.78, 5) is 39.7. The number of nitrogens with one attached hydrogen (secondary N) is 1. The van der Waals surface area contributed by atoms with Gasteiger partial charge in [0.1, 0.15) is 16.4 Å². The molecule has 3 aromatic rings. The van der Waals surface area contributed by atoms with Crippen molar-refractivity contribution in [3.63, 3.8) is 0 Å². The van der Waals surface area contributed by atoms with Crippen molar-refractivity contribution in [2.45, 2.75) is 0 Å². The molecule has 1 saturated heterocycles. The summed E-state index contributed by atoms with van der Waals surface area (Å²) in [5.74, 6) is -1.23. The average Bonchev–Trinajstić information content (AvgIpc) is 3.27. The van der Waals surface area contributed by atoms with Crippen LogP contribution in [0.3, 0.4) is 0 Å². The predicted octanol–water partition coefficient (Wildman–Crippen LogP) is 4.01. The first-order valence-electron chi connectivity index (χ1n) is 10.8. The number of carbonyl (C=O) groups is 2. The zero-order valence-corrected chi connectivity index (χ0v) is 19.7. The molecule has 1 aromatic heterocycles. The third-order valence-electron chi connectivity index (χ3n) is 5.75. The molecule has 182 valence electrons. The van der Waals surface area contributed by atoms with Gasteiger partial charge < -0.3 is 15.0 Å². The van der Waals surface area contributed by atoms with Crippen molar-refractivity contribution in [2.75, 3.05) is 50.1 Å².